The molecule has 15 heteroatoms. The summed E-state index contributed by atoms with van der Waals surface area (Å²) in [5.41, 5.74) is 1.84. The van der Waals surface area contributed by atoms with Crippen LogP contribution in [0.1, 0.15) is 20.3 Å². The molecule has 1 unspecified atom stereocenters. The second-order valence-electron chi connectivity index (χ2n) is 11.5. The van der Waals surface area contributed by atoms with E-state index in [0.717, 1.165) is 11.1 Å². The molecule has 0 aromatic rings. The van der Waals surface area contributed by atoms with Gasteiger partial charge < -0.3 is 30.7 Å². The number of ether oxygens (including phenoxy) is 1. The normalized spacial score (nSPS) is 21.6. The first-order valence-corrected chi connectivity index (χ1v) is 14.7. The van der Waals surface area contributed by atoms with E-state index in [2.05, 4.69) is 20.4 Å². The predicted octanol–water partition coefficient (Wildman–Crippen LogP) is -1.36. The number of carboxylic acids is 3. The van der Waals surface area contributed by atoms with Crippen LogP contribution in [0, 0.1) is 0 Å². The molecule has 0 aromatic heterocycles. The highest BCUT2D eigenvalue weighted by molar-refractivity contribution is 5.92. The zero-order valence-corrected chi connectivity index (χ0v) is 25.4. The number of amides is 2. The third-order valence-electron chi connectivity index (χ3n) is 7.81. The Morgan fingerprint density at radius 2 is 1.41 bits per heavy atom. The summed E-state index contributed by atoms with van der Waals surface area (Å²) in [6, 6.07) is 0. The standard InChI is InChI=1S/C29H44N6O9/c1-21-15-24(36)31-29(2)16-22(3-4-23(21)29)30-25(37)17-34(18-26(38)39)9-7-32-5-6-33(12-14-44-13-11-32)8-10-35(19-27(40)41)20-28(42)43/h3-4,15H,5-14,16-20H2,1-2H3,(H,30,37)(H,31,36)(H,38,39)(H,40,41)(H,42,43). The van der Waals surface area contributed by atoms with Gasteiger partial charge in [-0.15, -0.1) is 0 Å². The Labute approximate surface area is 256 Å². The summed E-state index contributed by atoms with van der Waals surface area (Å²) in [6.07, 6.45) is 5.63. The van der Waals surface area contributed by atoms with Crippen molar-refractivity contribution in [3.05, 3.63) is 35.1 Å². The minimum absolute atomic E-state index is 0.123. The van der Waals surface area contributed by atoms with Crippen LogP contribution in [0.15, 0.2) is 35.1 Å². The Balaban J connectivity index is 1.53. The number of nitrogens with zero attached hydrogens (tertiary/aromatic N) is 4. The lowest BCUT2D eigenvalue weighted by Gasteiger charge is -2.39. The molecular formula is C29H44N6O9. The van der Waals surface area contributed by atoms with Crippen molar-refractivity contribution in [1.82, 2.24) is 30.2 Å². The number of aliphatic carboxylic acids is 3. The zero-order valence-electron chi connectivity index (χ0n) is 25.4. The van der Waals surface area contributed by atoms with Crippen molar-refractivity contribution in [3.63, 3.8) is 0 Å². The van der Waals surface area contributed by atoms with E-state index in [1.54, 1.807) is 11.0 Å². The van der Waals surface area contributed by atoms with E-state index >= 15 is 0 Å². The van der Waals surface area contributed by atoms with Crippen molar-refractivity contribution in [2.75, 3.05) is 91.8 Å². The molecule has 1 aliphatic carbocycles. The monoisotopic (exact) mass is 620 g/mol. The lowest BCUT2D eigenvalue weighted by atomic mass is 9.77. The van der Waals surface area contributed by atoms with Crippen molar-refractivity contribution < 1.29 is 44.0 Å². The zero-order chi connectivity index (χ0) is 32.3. The maximum Gasteiger partial charge on any atom is 0.317 e. The number of nitrogens with one attached hydrogen (secondary N) is 2. The molecule has 3 aliphatic rings. The van der Waals surface area contributed by atoms with Crippen molar-refractivity contribution in [2.24, 2.45) is 0 Å². The Kier molecular flexibility index (Phi) is 13.0. The number of fused-ring (bicyclic) bond motifs is 1. The summed E-state index contributed by atoms with van der Waals surface area (Å²) in [7, 11) is 0. The van der Waals surface area contributed by atoms with E-state index in [1.165, 1.54) is 4.90 Å². The SMILES string of the molecule is CC1=CC(=O)NC2(C)CC(NC(=O)CN(CCN3CCOCCN(CCN(CC(=O)O)CC(=O)O)CC3)CC(=O)O)=CC=C12. The van der Waals surface area contributed by atoms with E-state index in [0.29, 0.717) is 71.1 Å². The van der Waals surface area contributed by atoms with E-state index in [9.17, 15) is 29.1 Å². The van der Waals surface area contributed by atoms with Crippen LogP contribution in [-0.2, 0) is 28.7 Å². The number of carbonyl (C=O) groups excluding carboxylic acids is 2. The summed E-state index contributed by atoms with van der Waals surface area (Å²) >= 11 is 0. The van der Waals surface area contributed by atoms with Crippen LogP contribution < -0.4 is 10.6 Å². The van der Waals surface area contributed by atoms with Crippen LogP contribution in [0.25, 0.3) is 0 Å². The van der Waals surface area contributed by atoms with E-state index in [4.69, 9.17) is 14.9 Å². The number of carbonyl (C=O) groups is 5. The fraction of sp³-hybridized carbons (Fsp3) is 0.621. The molecule has 244 valence electrons. The van der Waals surface area contributed by atoms with Gasteiger partial charge >= 0.3 is 17.9 Å². The molecule has 15 nitrogen and oxygen atoms in total. The molecule has 0 saturated carbocycles. The summed E-state index contributed by atoms with van der Waals surface area (Å²) < 4.78 is 5.73. The number of hydrogen-bond acceptors (Lipinski definition) is 10. The second-order valence-corrected chi connectivity index (χ2v) is 11.5. The van der Waals surface area contributed by atoms with Crippen molar-refractivity contribution in [1.29, 1.82) is 0 Å². The maximum absolute atomic E-state index is 13.0. The highest BCUT2D eigenvalue weighted by Gasteiger charge is 2.37. The summed E-state index contributed by atoms with van der Waals surface area (Å²) in [4.78, 5) is 66.0. The number of rotatable bonds is 15. The fourth-order valence-electron chi connectivity index (χ4n) is 5.68. The van der Waals surface area contributed by atoms with Gasteiger partial charge in [0.15, 0.2) is 0 Å². The van der Waals surface area contributed by atoms with Gasteiger partial charge in [0.25, 0.3) is 0 Å². The third-order valence-corrected chi connectivity index (χ3v) is 7.81. The van der Waals surface area contributed by atoms with E-state index in [1.807, 2.05) is 26.0 Å². The molecule has 0 spiro atoms. The third kappa shape index (κ3) is 11.5. The molecule has 0 aromatic carbocycles. The first-order valence-electron chi connectivity index (χ1n) is 14.7. The van der Waals surface area contributed by atoms with Crippen molar-refractivity contribution >= 4 is 29.7 Å². The molecule has 5 N–H and O–H groups in total. The van der Waals surface area contributed by atoms with E-state index in [-0.39, 0.29) is 44.5 Å². The first-order chi connectivity index (χ1) is 20.8. The molecule has 2 amide bonds. The van der Waals surface area contributed by atoms with Gasteiger partial charge in [0.05, 0.1) is 44.9 Å². The number of allylic oxidation sites excluding steroid dienone is 2. The van der Waals surface area contributed by atoms with Crippen LogP contribution in [0.4, 0.5) is 0 Å². The minimum atomic E-state index is -1.09. The molecule has 1 fully saturated rings. The lowest BCUT2D eigenvalue weighted by Crippen LogP contribution is -2.52. The largest absolute Gasteiger partial charge is 0.480 e. The van der Waals surface area contributed by atoms with Gasteiger partial charge in [-0.05, 0) is 31.1 Å². The van der Waals surface area contributed by atoms with Crippen LogP contribution in [0.5, 0.6) is 0 Å². The Hall–Kier alpha value is -3.63. The molecule has 0 radical (unpaired) electrons. The topological polar surface area (TPSA) is 192 Å². The van der Waals surface area contributed by atoms with Crippen LogP contribution >= 0.6 is 0 Å². The average molecular weight is 621 g/mol. The molecular weight excluding hydrogens is 576 g/mol. The Morgan fingerprint density at radius 3 is 1.93 bits per heavy atom. The highest BCUT2D eigenvalue weighted by atomic mass is 16.5. The summed E-state index contributed by atoms with van der Waals surface area (Å²) in [6.45, 7) is 7.61. The molecule has 0 bridgehead atoms. The molecule has 44 heavy (non-hydrogen) atoms. The van der Waals surface area contributed by atoms with Crippen molar-refractivity contribution in [2.45, 2.75) is 25.8 Å². The van der Waals surface area contributed by atoms with Gasteiger partial charge in [0.2, 0.25) is 11.8 Å². The second kappa shape index (κ2) is 16.4. The van der Waals surface area contributed by atoms with Crippen LogP contribution in [-0.4, -0.2) is 162 Å². The Morgan fingerprint density at radius 1 is 0.886 bits per heavy atom. The smallest absolute Gasteiger partial charge is 0.317 e. The predicted molar refractivity (Wildman–Crippen MR) is 159 cm³/mol. The maximum atomic E-state index is 13.0. The minimum Gasteiger partial charge on any atom is -0.480 e. The van der Waals surface area contributed by atoms with Gasteiger partial charge in [0.1, 0.15) is 0 Å². The van der Waals surface area contributed by atoms with Crippen LogP contribution in [0.3, 0.4) is 0 Å². The summed E-state index contributed by atoms with van der Waals surface area (Å²) in [5.74, 6) is -3.77. The molecule has 2 heterocycles. The van der Waals surface area contributed by atoms with Crippen LogP contribution in [0.2, 0.25) is 0 Å². The van der Waals surface area contributed by atoms with Gasteiger partial charge in [0, 0.05) is 70.6 Å². The molecule has 1 saturated heterocycles. The quantitative estimate of drug-likeness (QED) is 0.144. The average Bonchev–Trinajstić information content (AvgIpc) is 3.00. The van der Waals surface area contributed by atoms with Crippen molar-refractivity contribution in [3.8, 4) is 0 Å². The molecule has 3 rings (SSSR count). The van der Waals surface area contributed by atoms with Gasteiger partial charge in [-0.1, -0.05) is 6.08 Å². The lowest BCUT2D eigenvalue weighted by molar-refractivity contribution is -0.142. The number of hydrogen-bond donors (Lipinski definition) is 5. The Bertz CT molecular complexity index is 1170. The summed E-state index contributed by atoms with van der Waals surface area (Å²) in [5, 5.41) is 33.5. The molecule has 1 atom stereocenters. The van der Waals surface area contributed by atoms with E-state index < -0.39 is 23.4 Å². The van der Waals surface area contributed by atoms with Gasteiger partial charge in [-0.25, -0.2) is 0 Å². The van der Waals surface area contributed by atoms with Gasteiger partial charge in [-0.2, -0.15) is 0 Å². The fourth-order valence-corrected chi connectivity index (χ4v) is 5.68. The van der Waals surface area contributed by atoms with Gasteiger partial charge in [-0.3, -0.25) is 43.6 Å². The molecule has 2 aliphatic heterocycles. The number of carboxylic acid groups (broad SMARTS) is 3. The highest BCUT2D eigenvalue weighted by Crippen LogP contribution is 2.35. The first kappa shape index (κ1) is 34.9.